The maximum absolute atomic E-state index is 13.0. The van der Waals surface area contributed by atoms with Crippen LogP contribution in [0.3, 0.4) is 0 Å². The Bertz CT molecular complexity index is 1080. The third kappa shape index (κ3) is 2.76. The minimum absolute atomic E-state index is 0.143. The van der Waals surface area contributed by atoms with Crippen molar-refractivity contribution in [3.8, 4) is 11.3 Å². The van der Waals surface area contributed by atoms with Crippen molar-refractivity contribution in [2.45, 2.75) is 19.9 Å². The second-order valence-corrected chi connectivity index (χ2v) is 7.16. The second kappa shape index (κ2) is 6.26. The van der Waals surface area contributed by atoms with Gasteiger partial charge in [-0.3, -0.25) is 4.79 Å². The Labute approximate surface area is 149 Å². The van der Waals surface area contributed by atoms with Crippen LogP contribution in [-0.2, 0) is 0 Å². The van der Waals surface area contributed by atoms with E-state index in [1.54, 1.807) is 4.68 Å². The Morgan fingerprint density at radius 2 is 1.64 bits per heavy atom. The molecule has 0 bridgehead atoms. The zero-order valence-corrected chi connectivity index (χ0v) is 14.8. The number of hydrogen-bond donors (Lipinski definition) is 0. The van der Waals surface area contributed by atoms with E-state index in [0.717, 1.165) is 26.5 Å². The Balaban J connectivity index is 2.00. The summed E-state index contributed by atoms with van der Waals surface area (Å²) in [4.78, 5) is 17.5. The van der Waals surface area contributed by atoms with Crippen molar-refractivity contribution in [2.24, 2.45) is 0 Å². The van der Waals surface area contributed by atoms with E-state index in [9.17, 15) is 4.79 Å². The molecule has 0 amide bonds. The summed E-state index contributed by atoms with van der Waals surface area (Å²) in [6.45, 7) is 3.91. The molecule has 5 heteroatoms. The van der Waals surface area contributed by atoms with Crippen LogP contribution in [0.5, 0.6) is 0 Å². The van der Waals surface area contributed by atoms with E-state index in [1.165, 1.54) is 11.3 Å². The van der Waals surface area contributed by atoms with Crippen LogP contribution in [0, 0.1) is 6.92 Å². The summed E-state index contributed by atoms with van der Waals surface area (Å²) < 4.78 is 2.41. The molecule has 4 nitrogen and oxygen atoms in total. The predicted molar refractivity (Wildman–Crippen MR) is 102 cm³/mol. The lowest BCUT2D eigenvalue weighted by atomic mass is 10.1. The second-order valence-electron chi connectivity index (χ2n) is 5.96. The van der Waals surface area contributed by atoms with Gasteiger partial charge in [0.1, 0.15) is 5.69 Å². The van der Waals surface area contributed by atoms with Crippen molar-refractivity contribution in [3.63, 3.8) is 0 Å². The monoisotopic (exact) mass is 347 g/mol. The highest BCUT2D eigenvalue weighted by Crippen LogP contribution is 2.30. The number of hydrogen-bond acceptors (Lipinski definition) is 4. The number of rotatable bonds is 3. The Kier molecular flexibility index (Phi) is 3.93. The third-order valence-electron chi connectivity index (χ3n) is 4.26. The highest BCUT2D eigenvalue weighted by Gasteiger charge is 2.19. The fraction of sp³-hybridized carbons (Fsp3) is 0.150. The van der Waals surface area contributed by atoms with Gasteiger partial charge in [-0.05, 0) is 19.4 Å². The van der Waals surface area contributed by atoms with Gasteiger partial charge in [-0.25, -0.2) is 9.67 Å². The van der Waals surface area contributed by atoms with Gasteiger partial charge in [0.15, 0.2) is 5.52 Å². The molecule has 0 aliphatic rings. The molecule has 4 aromatic rings. The van der Waals surface area contributed by atoms with E-state index < -0.39 is 0 Å². The molecule has 1 unspecified atom stereocenters. The minimum atomic E-state index is -0.164. The van der Waals surface area contributed by atoms with E-state index >= 15 is 0 Å². The Morgan fingerprint density at radius 3 is 2.32 bits per heavy atom. The Morgan fingerprint density at radius 1 is 1.00 bits per heavy atom. The molecule has 0 saturated heterocycles. The number of nitrogens with zero attached hydrogens (tertiary/aromatic N) is 3. The number of aromatic nitrogens is 3. The number of thiazole rings is 1. The largest absolute Gasteiger partial charge is 0.294 e. The zero-order chi connectivity index (χ0) is 17.4. The molecule has 0 N–H and O–H groups in total. The summed E-state index contributed by atoms with van der Waals surface area (Å²) in [5, 5.41) is 5.61. The van der Waals surface area contributed by atoms with Crippen molar-refractivity contribution < 1.29 is 0 Å². The quantitative estimate of drug-likeness (QED) is 0.550. The maximum Gasteiger partial charge on any atom is 0.294 e. The first kappa shape index (κ1) is 15.7. The summed E-state index contributed by atoms with van der Waals surface area (Å²) in [5.41, 5.74) is 3.20. The smallest absolute Gasteiger partial charge is 0.265 e. The van der Waals surface area contributed by atoms with Gasteiger partial charge >= 0.3 is 0 Å². The summed E-state index contributed by atoms with van der Waals surface area (Å²) in [5.74, 6) is 0. The number of aryl methyl sites for hydroxylation is 1. The molecule has 0 saturated carbocycles. The summed E-state index contributed by atoms with van der Waals surface area (Å²) >= 11 is 1.52. The van der Waals surface area contributed by atoms with Gasteiger partial charge in [-0.15, -0.1) is 11.3 Å². The molecule has 1 atom stereocenters. The van der Waals surface area contributed by atoms with E-state index in [4.69, 9.17) is 5.10 Å². The van der Waals surface area contributed by atoms with Gasteiger partial charge in [-0.2, -0.15) is 5.10 Å². The lowest BCUT2D eigenvalue weighted by Gasteiger charge is -2.16. The van der Waals surface area contributed by atoms with Gasteiger partial charge in [0.2, 0.25) is 0 Å². The number of fused-ring (bicyclic) bond motifs is 1. The number of benzene rings is 2. The molecule has 2 aromatic heterocycles. The van der Waals surface area contributed by atoms with Crippen molar-refractivity contribution in [1.82, 2.24) is 14.8 Å². The first-order valence-electron chi connectivity index (χ1n) is 8.15. The van der Waals surface area contributed by atoms with Gasteiger partial charge in [0.05, 0.1) is 15.7 Å². The van der Waals surface area contributed by atoms with Gasteiger partial charge in [-0.1, -0.05) is 60.7 Å². The van der Waals surface area contributed by atoms with Crippen molar-refractivity contribution >= 4 is 21.6 Å². The van der Waals surface area contributed by atoms with Crippen LogP contribution in [0.2, 0.25) is 0 Å². The molecule has 2 aromatic carbocycles. The van der Waals surface area contributed by atoms with E-state index in [1.807, 2.05) is 74.5 Å². The standard InChI is InChI=1S/C20H17N3OS/c1-13(15-9-5-3-6-10-15)23-20(24)18-19(25-14(2)21-18)17(22-23)16-11-7-4-8-12-16/h3-13H,1-2H3. The van der Waals surface area contributed by atoms with Gasteiger partial charge < -0.3 is 0 Å². The predicted octanol–water partition coefficient (Wildman–Crippen LogP) is 4.44. The van der Waals surface area contributed by atoms with Crippen LogP contribution in [0.15, 0.2) is 65.5 Å². The molecule has 0 fully saturated rings. The Hall–Kier alpha value is -2.79. The first-order valence-corrected chi connectivity index (χ1v) is 8.97. The van der Waals surface area contributed by atoms with Crippen LogP contribution in [0.4, 0.5) is 0 Å². The average Bonchev–Trinajstić information content (AvgIpc) is 3.05. The summed E-state index contributed by atoms with van der Waals surface area (Å²) in [6.07, 6.45) is 0. The van der Waals surface area contributed by atoms with Crippen LogP contribution >= 0.6 is 11.3 Å². The highest BCUT2D eigenvalue weighted by molar-refractivity contribution is 7.19. The van der Waals surface area contributed by atoms with Crippen LogP contribution < -0.4 is 5.56 Å². The lowest BCUT2D eigenvalue weighted by Crippen LogP contribution is -2.27. The molecule has 124 valence electrons. The topological polar surface area (TPSA) is 47.8 Å². The van der Waals surface area contributed by atoms with Crippen molar-refractivity contribution in [1.29, 1.82) is 0 Å². The SMILES string of the molecule is Cc1nc2c(=O)n(C(C)c3ccccc3)nc(-c3ccccc3)c2s1. The van der Waals surface area contributed by atoms with Crippen LogP contribution in [0.25, 0.3) is 21.5 Å². The van der Waals surface area contributed by atoms with Crippen LogP contribution in [-0.4, -0.2) is 14.8 Å². The van der Waals surface area contributed by atoms with E-state index in [0.29, 0.717) is 5.52 Å². The molecule has 25 heavy (non-hydrogen) atoms. The average molecular weight is 347 g/mol. The molecule has 4 rings (SSSR count). The summed E-state index contributed by atoms with van der Waals surface area (Å²) in [6, 6.07) is 19.7. The van der Waals surface area contributed by atoms with Gasteiger partial charge in [0, 0.05) is 5.56 Å². The summed E-state index contributed by atoms with van der Waals surface area (Å²) in [7, 11) is 0. The normalized spacial score (nSPS) is 12.4. The fourth-order valence-electron chi connectivity index (χ4n) is 2.96. The third-order valence-corrected chi connectivity index (χ3v) is 5.24. The van der Waals surface area contributed by atoms with E-state index in [2.05, 4.69) is 4.98 Å². The lowest BCUT2D eigenvalue weighted by molar-refractivity contribution is 0.539. The molecule has 0 spiro atoms. The molecular weight excluding hydrogens is 330 g/mol. The van der Waals surface area contributed by atoms with Crippen LogP contribution in [0.1, 0.15) is 23.5 Å². The maximum atomic E-state index is 13.0. The van der Waals surface area contributed by atoms with E-state index in [-0.39, 0.29) is 11.6 Å². The van der Waals surface area contributed by atoms with Crippen molar-refractivity contribution in [3.05, 3.63) is 81.6 Å². The fourth-order valence-corrected chi connectivity index (χ4v) is 3.88. The van der Waals surface area contributed by atoms with Crippen molar-refractivity contribution in [2.75, 3.05) is 0 Å². The van der Waals surface area contributed by atoms with Gasteiger partial charge in [0.25, 0.3) is 5.56 Å². The molecule has 2 heterocycles. The molecular formula is C20H17N3OS. The highest BCUT2D eigenvalue weighted by atomic mass is 32.1. The zero-order valence-electron chi connectivity index (χ0n) is 14.0. The first-order chi connectivity index (χ1) is 12.1. The minimum Gasteiger partial charge on any atom is -0.265 e. The molecule has 0 radical (unpaired) electrons. The molecule has 0 aliphatic carbocycles. The molecule has 0 aliphatic heterocycles.